The summed E-state index contributed by atoms with van der Waals surface area (Å²) in [4.78, 5) is 23.5. The largest absolute Gasteiger partial charge is 0.417 e. The summed E-state index contributed by atoms with van der Waals surface area (Å²) in [6, 6.07) is 20.4. The Kier molecular flexibility index (Phi) is 5.72. The van der Waals surface area contributed by atoms with Crippen LogP contribution in [0.15, 0.2) is 66.7 Å². The second kappa shape index (κ2) is 8.37. The molecule has 0 heterocycles. The van der Waals surface area contributed by atoms with Crippen molar-refractivity contribution in [2.75, 3.05) is 0 Å². The molecule has 0 atom stereocenters. The Morgan fingerprint density at radius 3 is 2.04 bits per heavy atom. The Labute approximate surface area is 165 Å². The first-order chi connectivity index (χ1) is 13.4. The number of ketones is 1. The Balaban J connectivity index is 1.81. The van der Waals surface area contributed by atoms with E-state index in [4.69, 9.17) is 4.74 Å². The first kappa shape index (κ1) is 19.1. The third-order valence-electron chi connectivity index (χ3n) is 4.38. The monoisotopic (exact) mass is 368 g/mol. The molecule has 0 spiro atoms. The first-order valence-electron chi connectivity index (χ1n) is 8.95. The van der Waals surface area contributed by atoms with Crippen LogP contribution in [0.5, 0.6) is 5.75 Å². The van der Waals surface area contributed by atoms with Gasteiger partial charge in [0.25, 0.3) is 0 Å². The van der Waals surface area contributed by atoms with Crippen molar-refractivity contribution in [2.45, 2.75) is 20.8 Å². The first-order valence-corrected chi connectivity index (χ1v) is 8.95. The predicted octanol–water partition coefficient (Wildman–Crippen LogP) is 5.13. The highest BCUT2D eigenvalue weighted by atomic mass is 16.5. The van der Waals surface area contributed by atoms with Crippen LogP contribution < -0.4 is 4.74 Å². The lowest BCUT2D eigenvalue weighted by atomic mass is 9.94. The summed E-state index contributed by atoms with van der Waals surface area (Å²) in [7, 11) is 0. The number of Topliss-reactive ketones (excluding diaryl/α,β-unsaturated/α-hetero) is 1. The number of hydrogen-bond donors (Lipinski definition) is 0. The van der Waals surface area contributed by atoms with Crippen molar-refractivity contribution < 1.29 is 14.3 Å². The Bertz CT molecular complexity index is 1060. The Morgan fingerprint density at radius 1 is 0.857 bits per heavy atom. The maximum Gasteiger partial charge on any atom is 0.390 e. The molecule has 0 fully saturated rings. The van der Waals surface area contributed by atoms with Gasteiger partial charge in [0.1, 0.15) is 5.75 Å². The summed E-state index contributed by atoms with van der Waals surface area (Å²) in [6.45, 7) is 5.48. The normalized spacial score (nSPS) is 9.96. The lowest BCUT2D eigenvalue weighted by Gasteiger charge is -2.13. The molecular formula is C25H20O3. The van der Waals surface area contributed by atoms with Crippen LogP contribution in [0.3, 0.4) is 0 Å². The molecule has 0 saturated carbocycles. The number of aryl methyl sites for hydroxylation is 2. The summed E-state index contributed by atoms with van der Waals surface area (Å²) in [5.41, 5.74) is 5.48. The van der Waals surface area contributed by atoms with Gasteiger partial charge in [0.15, 0.2) is 5.78 Å². The van der Waals surface area contributed by atoms with Gasteiger partial charge in [-0.15, -0.1) is 0 Å². The number of carbonyl (C=O) groups is 2. The number of hydrogen-bond acceptors (Lipinski definition) is 3. The van der Waals surface area contributed by atoms with Crippen molar-refractivity contribution in [2.24, 2.45) is 0 Å². The van der Waals surface area contributed by atoms with Crippen LogP contribution in [0.1, 0.15) is 34.0 Å². The van der Waals surface area contributed by atoms with Gasteiger partial charge < -0.3 is 4.74 Å². The molecular weight excluding hydrogens is 348 g/mol. The van der Waals surface area contributed by atoms with E-state index in [9.17, 15) is 9.59 Å². The van der Waals surface area contributed by atoms with Gasteiger partial charge in [-0.3, -0.25) is 4.79 Å². The van der Waals surface area contributed by atoms with Crippen LogP contribution in [0.4, 0.5) is 0 Å². The van der Waals surface area contributed by atoms with E-state index in [1.165, 1.54) is 0 Å². The van der Waals surface area contributed by atoms with Crippen LogP contribution in [-0.2, 0) is 4.79 Å². The van der Waals surface area contributed by atoms with E-state index in [1.54, 1.807) is 6.92 Å². The molecule has 0 amide bonds. The van der Waals surface area contributed by atoms with Gasteiger partial charge in [-0.05, 0) is 67.3 Å². The molecule has 0 saturated heterocycles. The smallest absolute Gasteiger partial charge is 0.390 e. The topological polar surface area (TPSA) is 43.4 Å². The summed E-state index contributed by atoms with van der Waals surface area (Å²) < 4.78 is 5.38. The minimum Gasteiger partial charge on any atom is -0.417 e. The quantitative estimate of drug-likeness (QED) is 0.279. The van der Waals surface area contributed by atoms with Crippen LogP contribution in [0.2, 0.25) is 0 Å². The third-order valence-corrected chi connectivity index (χ3v) is 4.38. The van der Waals surface area contributed by atoms with Gasteiger partial charge in [-0.25, -0.2) is 4.79 Å². The van der Waals surface area contributed by atoms with E-state index in [0.29, 0.717) is 11.3 Å². The molecule has 0 N–H and O–H groups in total. The van der Waals surface area contributed by atoms with E-state index in [-0.39, 0.29) is 5.78 Å². The van der Waals surface area contributed by atoms with Crippen LogP contribution in [0, 0.1) is 25.7 Å². The molecule has 0 bridgehead atoms. The Morgan fingerprint density at radius 2 is 1.46 bits per heavy atom. The summed E-state index contributed by atoms with van der Waals surface area (Å²) >= 11 is 0. The molecule has 28 heavy (non-hydrogen) atoms. The molecule has 0 aliphatic carbocycles. The maximum atomic E-state index is 12.0. The number of carbonyl (C=O) groups excluding carboxylic acids is 2. The number of rotatable bonds is 3. The second-order valence-corrected chi connectivity index (χ2v) is 6.57. The van der Waals surface area contributed by atoms with Gasteiger partial charge in [0, 0.05) is 17.0 Å². The second-order valence-electron chi connectivity index (χ2n) is 6.57. The lowest BCUT2D eigenvalue weighted by Crippen LogP contribution is -2.05. The highest BCUT2D eigenvalue weighted by molar-refractivity contribution is 5.94. The zero-order valence-corrected chi connectivity index (χ0v) is 16.1. The van der Waals surface area contributed by atoms with E-state index in [2.05, 4.69) is 11.8 Å². The summed E-state index contributed by atoms with van der Waals surface area (Å²) in [5, 5.41) is 0. The molecule has 3 rings (SSSR count). The third kappa shape index (κ3) is 4.55. The van der Waals surface area contributed by atoms with Crippen molar-refractivity contribution in [3.05, 3.63) is 89.0 Å². The fraction of sp³-hybridized carbons (Fsp3) is 0.120. The van der Waals surface area contributed by atoms with Crippen molar-refractivity contribution in [1.29, 1.82) is 0 Å². The standard InChI is InChI=1S/C25H20O3/c1-17-15-23(28-24(27)14-9-20-7-5-4-6-8-20)16-18(2)25(17)22-12-10-21(11-13-22)19(3)26/h4-8,10-13,15-16H,1-3H3. The van der Waals surface area contributed by atoms with E-state index in [0.717, 1.165) is 27.8 Å². The van der Waals surface area contributed by atoms with Crippen molar-refractivity contribution in [1.82, 2.24) is 0 Å². The number of ether oxygens (including phenoxy) is 1. The van der Waals surface area contributed by atoms with Crippen molar-refractivity contribution in [3.63, 3.8) is 0 Å². The summed E-state index contributed by atoms with van der Waals surface area (Å²) in [6.07, 6.45) is 0. The van der Waals surface area contributed by atoms with Gasteiger partial charge >= 0.3 is 5.97 Å². The van der Waals surface area contributed by atoms with Crippen LogP contribution >= 0.6 is 0 Å². The molecule has 3 aromatic rings. The van der Waals surface area contributed by atoms with Gasteiger partial charge in [-0.1, -0.05) is 48.4 Å². The van der Waals surface area contributed by atoms with Crippen LogP contribution in [0.25, 0.3) is 11.1 Å². The molecule has 0 aliphatic heterocycles. The molecule has 0 aliphatic rings. The van der Waals surface area contributed by atoms with Crippen molar-refractivity contribution in [3.8, 4) is 28.7 Å². The van der Waals surface area contributed by atoms with Gasteiger partial charge in [-0.2, -0.15) is 0 Å². The highest BCUT2D eigenvalue weighted by Gasteiger charge is 2.11. The van der Waals surface area contributed by atoms with E-state index in [1.807, 2.05) is 80.6 Å². The number of esters is 1. The molecule has 0 aromatic heterocycles. The van der Waals surface area contributed by atoms with Crippen LogP contribution in [-0.4, -0.2) is 11.8 Å². The average Bonchev–Trinajstić information content (AvgIpc) is 2.67. The van der Waals surface area contributed by atoms with Crippen molar-refractivity contribution >= 4 is 11.8 Å². The zero-order valence-electron chi connectivity index (χ0n) is 16.1. The maximum absolute atomic E-state index is 12.0. The molecule has 138 valence electrons. The predicted molar refractivity (Wildman–Crippen MR) is 110 cm³/mol. The molecule has 0 unspecified atom stereocenters. The fourth-order valence-corrected chi connectivity index (χ4v) is 3.09. The summed E-state index contributed by atoms with van der Waals surface area (Å²) in [5.74, 6) is 5.21. The van der Waals surface area contributed by atoms with E-state index < -0.39 is 5.97 Å². The molecule has 0 radical (unpaired) electrons. The van der Waals surface area contributed by atoms with E-state index >= 15 is 0 Å². The fourth-order valence-electron chi connectivity index (χ4n) is 3.09. The number of benzene rings is 3. The highest BCUT2D eigenvalue weighted by Crippen LogP contribution is 2.31. The Hall–Kier alpha value is -3.64. The van der Waals surface area contributed by atoms with Gasteiger partial charge in [0.2, 0.25) is 0 Å². The van der Waals surface area contributed by atoms with Gasteiger partial charge in [0.05, 0.1) is 0 Å². The molecule has 3 aromatic carbocycles. The average molecular weight is 368 g/mol. The molecule has 3 nitrogen and oxygen atoms in total. The molecule has 3 heteroatoms. The minimum atomic E-state index is -0.596. The zero-order chi connectivity index (χ0) is 20.1. The lowest BCUT2D eigenvalue weighted by molar-refractivity contribution is -0.128. The SMILES string of the molecule is CC(=O)c1ccc(-c2c(C)cc(OC(=O)C#Cc3ccccc3)cc2C)cc1. The minimum absolute atomic E-state index is 0.0406.